The highest BCUT2D eigenvalue weighted by atomic mass is 19.1. The van der Waals surface area contributed by atoms with Gasteiger partial charge in [0.1, 0.15) is 18.1 Å². The van der Waals surface area contributed by atoms with E-state index in [1.807, 2.05) is 6.07 Å². The monoisotopic (exact) mass is 438 g/mol. The molecule has 0 aliphatic carbocycles. The second-order valence-corrected chi connectivity index (χ2v) is 7.12. The quantitative estimate of drug-likeness (QED) is 0.437. The Hall–Kier alpha value is -4.75. The van der Waals surface area contributed by atoms with Crippen molar-refractivity contribution in [3.63, 3.8) is 0 Å². The van der Waals surface area contributed by atoms with Gasteiger partial charge in [0.2, 0.25) is 5.95 Å². The molecule has 0 saturated carbocycles. The molecule has 3 heterocycles. The van der Waals surface area contributed by atoms with Crippen LogP contribution in [0.3, 0.4) is 0 Å². The van der Waals surface area contributed by atoms with E-state index in [1.165, 1.54) is 10.8 Å². The summed E-state index contributed by atoms with van der Waals surface area (Å²) in [6.45, 7) is 0. The molecular formula is C23H15FN8O. The third kappa shape index (κ3) is 3.52. The molecule has 2 aromatic carbocycles. The van der Waals surface area contributed by atoms with Crippen molar-refractivity contribution in [3.8, 4) is 28.6 Å². The highest BCUT2D eigenvalue weighted by Crippen LogP contribution is 2.35. The first-order valence-electron chi connectivity index (χ1n) is 9.82. The van der Waals surface area contributed by atoms with Gasteiger partial charge in [0.15, 0.2) is 17.3 Å². The minimum absolute atomic E-state index is 0.0282. The van der Waals surface area contributed by atoms with Gasteiger partial charge in [-0.25, -0.2) is 24.3 Å². The van der Waals surface area contributed by atoms with E-state index in [9.17, 15) is 14.8 Å². The number of anilines is 1. The van der Waals surface area contributed by atoms with Gasteiger partial charge in [-0.1, -0.05) is 42.5 Å². The number of fused-ring (bicyclic) bond motifs is 1. The Balaban J connectivity index is 1.81. The molecule has 160 valence electrons. The molecule has 3 aromatic heterocycles. The first-order chi connectivity index (χ1) is 16.1. The number of rotatable bonds is 4. The van der Waals surface area contributed by atoms with Crippen molar-refractivity contribution >= 4 is 11.6 Å². The number of aromatic nitrogens is 6. The number of benzene rings is 2. The minimum atomic E-state index is -1.14. The van der Waals surface area contributed by atoms with Gasteiger partial charge in [0.05, 0.1) is 29.1 Å². The molecule has 10 heteroatoms. The van der Waals surface area contributed by atoms with E-state index in [2.05, 4.69) is 31.1 Å². The fourth-order valence-electron chi connectivity index (χ4n) is 3.53. The van der Waals surface area contributed by atoms with Crippen molar-refractivity contribution in [2.75, 3.05) is 5.73 Å². The van der Waals surface area contributed by atoms with Crippen molar-refractivity contribution in [2.24, 2.45) is 0 Å². The van der Waals surface area contributed by atoms with Crippen LogP contribution in [0.15, 0.2) is 67.1 Å². The summed E-state index contributed by atoms with van der Waals surface area (Å²) in [6.07, 6.45) is 1.09. The summed E-state index contributed by atoms with van der Waals surface area (Å²) in [5.74, 6) is -0.662. The SMILES string of the molecule is N#Cc1cccc(-c2nc(N)n3nc(C(O)c4ccccc4)nc3c2-c2ncncc2F)c1. The van der Waals surface area contributed by atoms with Crippen LogP contribution in [0.2, 0.25) is 0 Å². The van der Waals surface area contributed by atoms with Gasteiger partial charge in [-0.3, -0.25) is 0 Å². The van der Waals surface area contributed by atoms with Crippen LogP contribution >= 0.6 is 0 Å². The maximum absolute atomic E-state index is 14.8. The van der Waals surface area contributed by atoms with Crippen molar-refractivity contribution in [3.05, 3.63) is 89.9 Å². The van der Waals surface area contributed by atoms with Crippen LogP contribution in [0.1, 0.15) is 23.1 Å². The molecule has 0 fully saturated rings. The minimum Gasteiger partial charge on any atom is -0.380 e. The number of halogens is 1. The van der Waals surface area contributed by atoms with Crippen LogP contribution in [-0.2, 0) is 0 Å². The van der Waals surface area contributed by atoms with Gasteiger partial charge in [0.25, 0.3) is 0 Å². The number of hydrogen-bond acceptors (Lipinski definition) is 8. The zero-order chi connectivity index (χ0) is 22.9. The van der Waals surface area contributed by atoms with Crippen LogP contribution in [-0.4, -0.2) is 34.7 Å². The maximum Gasteiger partial charge on any atom is 0.223 e. The normalized spacial score (nSPS) is 11.9. The first-order valence-corrected chi connectivity index (χ1v) is 9.82. The molecule has 0 spiro atoms. The molecule has 1 unspecified atom stereocenters. The molecule has 0 amide bonds. The Labute approximate surface area is 186 Å². The number of nitrogens with two attached hydrogens (primary N) is 1. The van der Waals surface area contributed by atoms with Crippen LogP contribution in [0.4, 0.5) is 10.3 Å². The fourth-order valence-corrected chi connectivity index (χ4v) is 3.53. The van der Waals surface area contributed by atoms with Crippen LogP contribution in [0.5, 0.6) is 0 Å². The summed E-state index contributed by atoms with van der Waals surface area (Å²) in [6, 6.07) is 17.6. The predicted molar refractivity (Wildman–Crippen MR) is 117 cm³/mol. The van der Waals surface area contributed by atoms with Crippen LogP contribution in [0, 0.1) is 17.1 Å². The van der Waals surface area contributed by atoms with E-state index in [4.69, 9.17) is 5.73 Å². The van der Waals surface area contributed by atoms with E-state index in [0.717, 1.165) is 6.20 Å². The lowest BCUT2D eigenvalue weighted by molar-refractivity contribution is 0.210. The highest BCUT2D eigenvalue weighted by Gasteiger charge is 2.25. The zero-order valence-electron chi connectivity index (χ0n) is 17.0. The first kappa shape index (κ1) is 20.2. The van der Waals surface area contributed by atoms with Gasteiger partial charge >= 0.3 is 0 Å². The molecule has 9 nitrogen and oxygen atoms in total. The van der Waals surface area contributed by atoms with E-state index in [1.54, 1.807) is 48.5 Å². The van der Waals surface area contributed by atoms with Crippen molar-refractivity contribution < 1.29 is 9.50 Å². The van der Waals surface area contributed by atoms with Gasteiger partial charge < -0.3 is 10.8 Å². The number of nitrogens with zero attached hydrogens (tertiary/aromatic N) is 7. The molecule has 0 radical (unpaired) electrons. The average molecular weight is 438 g/mol. The van der Waals surface area contributed by atoms with Gasteiger partial charge in [-0.2, -0.15) is 9.78 Å². The lowest BCUT2D eigenvalue weighted by atomic mass is 10.0. The number of nitriles is 1. The van der Waals surface area contributed by atoms with Crippen LogP contribution < -0.4 is 5.73 Å². The number of nitrogen functional groups attached to an aromatic ring is 1. The largest absolute Gasteiger partial charge is 0.380 e. The molecule has 5 aromatic rings. The fraction of sp³-hybridized carbons (Fsp3) is 0.0435. The van der Waals surface area contributed by atoms with Crippen molar-refractivity contribution in [2.45, 2.75) is 6.10 Å². The summed E-state index contributed by atoms with van der Waals surface area (Å²) in [7, 11) is 0. The standard InChI is InChI=1S/C23H15FN8O/c24-16-11-27-12-28-19(16)17-18(15-8-4-5-13(9-15)10-25)29-23(26)32-22(17)30-21(31-32)20(33)14-6-2-1-3-7-14/h1-9,11-12,20,33H,(H2,26,29). The van der Waals surface area contributed by atoms with E-state index in [0.29, 0.717) is 16.7 Å². The number of aliphatic hydroxyl groups excluding tert-OH is 1. The summed E-state index contributed by atoms with van der Waals surface area (Å²) >= 11 is 0. The highest BCUT2D eigenvalue weighted by molar-refractivity contribution is 5.89. The lowest BCUT2D eigenvalue weighted by Gasteiger charge is -2.11. The Kier molecular flexibility index (Phi) is 4.93. The van der Waals surface area contributed by atoms with Crippen molar-refractivity contribution in [1.82, 2.24) is 29.5 Å². The molecule has 33 heavy (non-hydrogen) atoms. The van der Waals surface area contributed by atoms with Gasteiger partial charge in [-0.15, -0.1) is 5.10 Å². The molecule has 1 atom stereocenters. The average Bonchev–Trinajstić information content (AvgIpc) is 3.31. The molecular weight excluding hydrogens is 423 g/mol. The Bertz CT molecular complexity index is 1530. The Morgan fingerprint density at radius 2 is 1.88 bits per heavy atom. The van der Waals surface area contributed by atoms with Gasteiger partial charge in [0, 0.05) is 5.56 Å². The molecule has 0 saturated heterocycles. The summed E-state index contributed by atoms with van der Waals surface area (Å²) in [5, 5.41) is 24.5. The number of aliphatic hydroxyl groups is 1. The van der Waals surface area contributed by atoms with E-state index in [-0.39, 0.29) is 34.4 Å². The van der Waals surface area contributed by atoms with Crippen molar-refractivity contribution in [1.29, 1.82) is 5.26 Å². The predicted octanol–water partition coefficient (Wildman–Crippen LogP) is 2.92. The van der Waals surface area contributed by atoms with E-state index >= 15 is 0 Å². The van der Waals surface area contributed by atoms with Gasteiger partial charge in [-0.05, 0) is 17.7 Å². The lowest BCUT2D eigenvalue weighted by Crippen LogP contribution is -2.07. The molecule has 0 aliphatic rings. The summed E-state index contributed by atoms with van der Waals surface area (Å²) in [5.41, 5.74) is 8.23. The third-order valence-electron chi connectivity index (χ3n) is 5.06. The smallest absolute Gasteiger partial charge is 0.223 e. The number of hydrogen-bond donors (Lipinski definition) is 2. The Morgan fingerprint density at radius 3 is 2.64 bits per heavy atom. The molecule has 0 aliphatic heterocycles. The third-order valence-corrected chi connectivity index (χ3v) is 5.06. The molecule has 5 rings (SSSR count). The maximum atomic E-state index is 14.8. The summed E-state index contributed by atoms with van der Waals surface area (Å²) in [4.78, 5) is 16.7. The topological polar surface area (TPSA) is 139 Å². The summed E-state index contributed by atoms with van der Waals surface area (Å²) < 4.78 is 16.1. The second-order valence-electron chi connectivity index (χ2n) is 7.12. The van der Waals surface area contributed by atoms with Crippen LogP contribution in [0.25, 0.3) is 28.2 Å². The Morgan fingerprint density at radius 1 is 1.06 bits per heavy atom. The second kappa shape index (κ2) is 8.07. The van der Waals surface area contributed by atoms with E-state index < -0.39 is 11.9 Å². The zero-order valence-corrected chi connectivity index (χ0v) is 17.0. The molecule has 0 bridgehead atoms. The molecule has 3 N–H and O–H groups in total.